The number of nitrogens with zero attached hydrogens (tertiary/aromatic N) is 2. The maximum atomic E-state index is 14.5. The number of carbonyl (C=O) groups excluding carboxylic acids is 4. The third kappa shape index (κ3) is 4.25. The van der Waals surface area contributed by atoms with Gasteiger partial charge in [0.1, 0.15) is 23.1 Å². The number of aliphatic carboxylic acids is 1. The largest absolute Gasteiger partial charge is 0.508 e. The number of hydrogen-bond donors (Lipinski definition) is 2. The van der Waals surface area contributed by atoms with Gasteiger partial charge >= 0.3 is 5.97 Å². The summed E-state index contributed by atoms with van der Waals surface area (Å²) in [5.41, 5.74) is 0.632. The van der Waals surface area contributed by atoms with E-state index in [0.29, 0.717) is 5.57 Å². The van der Waals surface area contributed by atoms with Gasteiger partial charge in [-0.2, -0.15) is 0 Å². The van der Waals surface area contributed by atoms with E-state index in [9.17, 15) is 38.6 Å². The van der Waals surface area contributed by atoms with Crippen molar-refractivity contribution in [2.45, 2.75) is 34.9 Å². The number of halogens is 3. The summed E-state index contributed by atoms with van der Waals surface area (Å²) in [5.74, 6) is -8.92. The number of ether oxygens (including phenoxy) is 2. The number of anilines is 1. The van der Waals surface area contributed by atoms with Crippen LogP contribution in [0.3, 0.4) is 0 Å². The molecule has 6 atom stereocenters. The molecule has 2 N–H and O–H groups in total. The maximum absolute atomic E-state index is 14.5. The highest BCUT2D eigenvalue weighted by Crippen LogP contribution is 2.67. The van der Waals surface area contributed by atoms with Crippen molar-refractivity contribution in [2.75, 3.05) is 25.7 Å². The molecule has 4 aliphatic rings. The zero-order valence-electron chi connectivity index (χ0n) is 24.0. The molecule has 236 valence electrons. The van der Waals surface area contributed by atoms with Crippen molar-refractivity contribution in [3.05, 3.63) is 59.4 Å². The third-order valence-corrected chi connectivity index (χ3v) is 10.8. The molecule has 4 amide bonds. The Morgan fingerprint density at radius 3 is 2.20 bits per heavy atom. The van der Waals surface area contributed by atoms with E-state index in [-0.39, 0.29) is 47.9 Å². The topological polar surface area (TPSA) is 151 Å². The highest BCUT2D eigenvalue weighted by molar-refractivity contribution is 6.58. The van der Waals surface area contributed by atoms with Gasteiger partial charge in [-0.3, -0.25) is 28.9 Å². The molecule has 1 saturated carbocycles. The Morgan fingerprint density at radius 2 is 1.62 bits per heavy atom. The summed E-state index contributed by atoms with van der Waals surface area (Å²) in [5, 5.41) is 19.6. The van der Waals surface area contributed by atoms with Crippen LogP contribution in [0.15, 0.2) is 48.0 Å². The minimum absolute atomic E-state index is 0.0195. The number of methoxy groups -OCH3 is 2. The molecular formula is C31H27Cl2FN2O9. The van der Waals surface area contributed by atoms with E-state index in [1.54, 1.807) is 6.08 Å². The van der Waals surface area contributed by atoms with E-state index in [2.05, 4.69) is 0 Å². The predicted octanol–water partition coefficient (Wildman–Crippen LogP) is 3.59. The number of alkyl halides is 2. The number of phenolic OH excluding ortho intramolecular Hbond substituents is 1. The van der Waals surface area contributed by atoms with Crippen LogP contribution in [0, 0.1) is 23.6 Å². The lowest BCUT2D eigenvalue weighted by Crippen LogP contribution is -2.60. The summed E-state index contributed by atoms with van der Waals surface area (Å²) in [6, 6.07) is 7.18. The van der Waals surface area contributed by atoms with Crippen molar-refractivity contribution >= 4 is 58.5 Å². The predicted molar refractivity (Wildman–Crippen MR) is 157 cm³/mol. The molecule has 2 heterocycles. The van der Waals surface area contributed by atoms with Crippen LogP contribution in [0.4, 0.5) is 10.1 Å². The van der Waals surface area contributed by atoms with Crippen molar-refractivity contribution in [2.24, 2.45) is 17.8 Å². The minimum atomic E-state index is -2.25. The Balaban J connectivity index is 1.58. The Morgan fingerprint density at radius 1 is 1.00 bits per heavy atom. The second kappa shape index (κ2) is 10.7. The number of carboxylic acids is 1. The van der Waals surface area contributed by atoms with Crippen LogP contribution in [0.25, 0.3) is 0 Å². The summed E-state index contributed by atoms with van der Waals surface area (Å²) >= 11 is 14.7. The van der Waals surface area contributed by atoms with E-state index >= 15 is 0 Å². The quantitative estimate of drug-likeness (QED) is 0.258. The number of aromatic hydroxyl groups is 1. The van der Waals surface area contributed by atoms with Gasteiger partial charge in [0, 0.05) is 30.2 Å². The van der Waals surface area contributed by atoms with Crippen molar-refractivity contribution in [1.29, 1.82) is 0 Å². The molecule has 2 aromatic rings. The monoisotopic (exact) mass is 660 g/mol. The molecule has 0 radical (unpaired) electrons. The minimum Gasteiger partial charge on any atom is -0.508 e. The molecule has 0 aromatic heterocycles. The van der Waals surface area contributed by atoms with Crippen LogP contribution in [0.2, 0.25) is 0 Å². The first-order chi connectivity index (χ1) is 21.3. The SMILES string of the molecule is COc1cc(O)cc(OC)c1C1C2=CCC3C(=O)N(CCC(=O)O)C(=O)C3C2CC2(Cl)C(=O)N(c3ccc(F)cc3)C(=O)C12Cl. The number of allylic oxidation sites excluding steroid dienone is 2. The Hall–Kier alpha value is -4.16. The summed E-state index contributed by atoms with van der Waals surface area (Å²) < 4.78 is 25.0. The average molecular weight is 661 g/mol. The fraction of sp³-hybridized carbons (Fsp3) is 0.387. The van der Waals surface area contributed by atoms with E-state index in [0.717, 1.165) is 21.9 Å². The van der Waals surface area contributed by atoms with Crippen molar-refractivity contribution in [3.8, 4) is 17.2 Å². The van der Waals surface area contributed by atoms with Gasteiger partial charge in [-0.1, -0.05) is 11.6 Å². The van der Waals surface area contributed by atoms with Crippen LogP contribution in [0.5, 0.6) is 17.2 Å². The number of carboxylic acid groups (broad SMARTS) is 1. The summed E-state index contributed by atoms with van der Waals surface area (Å²) in [4.78, 5) is 64.5. The molecule has 0 bridgehead atoms. The van der Waals surface area contributed by atoms with Crippen LogP contribution < -0.4 is 14.4 Å². The van der Waals surface area contributed by atoms with E-state index < -0.39 is 75.3 Å². The lowest BCUT2D eigenvalue weighted by atomic mass is 9.56. The van der Waals surface area contributed by atoms with Crippen molar-refractivity contribution in [3.63, 3.8) is 0 Å². The van der Waals surface area contributed by atoms with E-state index in [4.69, 9.17) is 32.7 Å². The van der Waals surface area contributed by atoms with Gasteiger partial charge in [0.05, 0.1) is 38.2 Å². The van der Waals surface area contributed by atoms with Gasteiger partial charge in [-0.05, 0) is 43.0 Å². The number of hydrogen-bond acceptors (Lipinski definition) is 8. The molecule has 6 rings (SSSR count). The van der Waals surface area contributed by atoms with Gasteiger partial charge in [-0.25, -0.2) is 9.29 Å². The van der Waals surface area contributed by atoms with Crippen molar-refractivity contribution < 1.29 is 48.0 Å². The zero-order valence-corrected chi connectivity index (χ0v) is 25.5. The molecule has 45 heavy (non-hydrogen) atoms. The lowest BCUT2D eigenvalue weighted by Gasteiger charge is -2.51. The normalized spacial score (nSPS) is 30.6. The van der Waals surface area contributed by atoms with Gasteiger partial charge in [0.15, 0.2) is 9.75 Å². The standard InChI is InChI=1S/C31H27Cl2FN2O9/c1-44-20-11-16(37)12-21(45-2)24(20)25-17-7-8-18-23(27(41)35(26(18)40)10-9-22(38)39)19(17)13-30(32)28(42)36(29(43)31(25,30)33)15-5-3-14(34)4-6-15/h3-7,11-12,18-19,23,25,37H,8-10,13H2,1-2H3,(H,38,39). The molecule has 0 spiro atoms. The third-order valence-electron chi connectivity index (χ3n) is 9.35. The second-order valence-electron chi connectivity index (χ2n) is 11.5. The second-order valence-corrected chi connectivity index (χ2v) is 12.7. The number of benzene rings is 2. The van der Waals surface area contributed by atoms with Gasteiger partial charge in [0.2, 0.25) is 11.8 Å². The molecule has 6 unspecified atom stereocenters. The number of imide groups is 2. The van der Waals surface area contributed by atoms with Gasteiger partial charge in [-0.15, -0.1) is 23.2 Å². The van der Waals surface area contributed by atoms with Crippen molar-refractivity contribution in [1.82, 2.24) is 4.90 Å². The number of likely N-dealkylation sites (tertiary alicyclic amines) is 1. The van der Waals surface area contributed by atoms with E-state index in [1.807, 2.05) is 0 Å². The molecule has 3 fully saturated rings. The highest BCUT2D eigenvalue weighted by atomic mass is 35.5. The smallest absolute Gasteiger partial charge is 0.305 e. The lowest BCUT2D eigenvalue weighted by molar-refractivity contribution is -0.142. The van der Waals surface area contributed by atoms with Crippen LogP contribution in [-0.2, 0) is 24.0 Å². The zero-order chi connectivity index (χ0) is 32.6. The number of phenols is 1. The first kappa shape index (κ1) is 30.8. The highest BCUT2D eigenvalue weighted by Gasteiger charge is 2.77. The molecule has 2 aliphatic carbocycles. The number of carbonyl (C=O) groups is 5. The number of amides is 4. The Labute approximate surface area is 266 Å². The molecule has 14 heteroatoms. The first-order valence-corrected chi connectivity index (χ1v) is 14.8. The fourth-order valence-corrected chi connectivity index (χ4v) is 8.34. The molecule has 11 nitrogen and oxygen atoms in total. The summed E-state index contributed by atoms with van der Waals surface area (Å²) in [6.07, 6.45) is 0.998. The van der Waals surface area contributed by atoms with Crippen LogP contribution >= 0.6 is 23.2 Å². The average Bonchev–Trinajstić information content (AvgIpc) is 3.33. The molecular weight excluding hydrogens is 634 g/mol. The van der Waals surface area contributed by atoms with Gasteiger partial charge < -0.3 is 19.7 Å². The van der Waals surface area contributed by atoms with E-state index in [1.165, 1.54) is 38.5 Å². The molecule has 2 aromatic carbocycles. The van der Waals surface area contributed by atoms with Crippen LogP contribution in [-0.4, -0.2) is 75.2 Å². The summed E-state index contributed by atoms with van der Waals surface area (Å²) in [6.45, 7) is -0.327. The first-order valence-electron chi connectivity index (χ1n) is 14.0. The van der Waals surface area contributed by atoms with Gasteiger partial charge in [0.25, 0.3) is 11.8 Å². The molecule has 2 aliphatic heterocycles. The number of fused-ring (bicyclic) bond motifs is 4. The summed E-state index contributed by atoms with van der Waals surface area (Å²) in [7, 11) is 2.65. The Bertz CT molecular complexity index is 1670. The van der Waals surface area contributed by atoms with Crippen LogP contribution in [0.1, 0.15) is 30.7 Å². The Kier molecular flexibility index (Phi) is 7.36. The fourth-order valence-electron chi connectivity index (χ4n) is 7.42. The maximum Gasteiger partial charge on any atom is 0.305 e. The molecule has 2 saturated heterocycles. The number of rotatable bonds is 7.